The van der Waals surface area contributed by atoms with Gasteiger partial charge in [-0.3, -0.25) is 14.4 Å². The second-order valence-corrected chi connectivity index (χ2v) is 10.4. The minimum Gasteiger partial charge on any atom is -0.484 e. The van der Waals surface area contributed by atoms with E-state index < -0.39 is 5.54 Å². The molecular weight excluding hydrogens is 524 g/mol. The highest BCUT2D eigenvalue weighted by Crippen LogP contribution is 2.39. The quantitative estimate of drug-likeness (QED) is 0.456. The van der Waals surface area contributed by atoms with E-state index in [2.05, 4.69) is 10.2 Å². The third-order valence-corrected chi connectivity index (χ3v) is 7.89. The van der Waals surface area contributed by atoms with Crippen LogP contribution in [0.4, 0.5) is 5.69 Å². The van der Waals surface area contributed by atoms with E-state index in [1.807, 2.05) is 78.9 Å². The molecule has 1 spiro atoms. The topological polar surface area (TPSA) is 101 Å². The van der Waals surface area contributed by atoms with Crippen LogP contribution in [0.15, 0.2) is 78.9 Å². The van der Waals surface area contributed by atoms with E-state index >= 15 is 0 Å². The SMILES string of the molecule is O=C(CN1CN(c2ccccc2)C2(CCN(C(=O)COc3ccccc3)CC2)C1=O)NCc1ccc2c(c1)OCO2. The van der Waals surface area contributed by atoms with Crippen molar-refractivity contribution in [1.29, 1.82) is 0 Å². The van der Waals surface area contributed by atoms with Gasteiger partial charge in [-0.25, -0.2) is 0 Å². The average molecular weight is 557 g/mol. The number of hydrogen-bond acceptors (Lipinski definition) is 7. The smallest absolute Gasteiger partial charge is 0.260 e. The minimum absolute atomic E-state index is 0.0526. The Labute approximate surface area is 238 Å². The summed E-state index contributed by atoms with van der Waals surface area (Å²) >= 11 is 0. The van der Waals surface area contributed by atoms with Crippen molar-refractivity contribution in [3.8, 4) is 17.2 Å². The molecule has 6 rings (SSSR count). The van der Waals surface area contributed by atoms with Gasteiger partial charge in [0.2, 0.25) is 12.7 Å². The van der Waals surface area contributed by atoms with Crippen LogP contribution in [-0.2, 0) is 20.9 Å². The first kappa shape index (κ1) is 26.5. The number of carbonyl (C=O) groups is 3. The molecule has 0 saturated carbocycles. The number of carbonyl (C=O) groups excluding carboxylic acids is 3. The Balaban J connectivity index is 1.10. The molecule has 0 radical (unpaired) electrons. The van der Waals surface area contributed by atoms with Crippen LogP contribution in [-0.4, -0.2) is 72.8 Å². The van der Waals surface area contributed by atoms with Crippen molar-refractivity contribution in [3.63, 3.8) is 0 Å². The second kappa shape index (κ2) is 11.4. The number of amides is 3. The van der Waals surface area contributed by atoms with Gasteiger partial charge >= 0.3 is 0 Å². The molecule has 212 valence electrons. The van der Waals surface area contributed by atoms with E-state index in [4.69, 9.17) is 14.2 Å². The maximum absolute atomic E-state index is 13.9. The van der Waals surface area contributed by atoms with Crippen LogP contribution < -0.4 is 24.4 Å². The Kier molecular flexibility index (Phi) is 7.37. The van der Waals surface area contributed by atoms with Gasteiger partial charge in [0.1, 0.15) is 17.8 Å². The predicted molar refractivity (Wildman–Crippen MR) is 150 cm³/mol. The summed E-state index contributed by atoms with van der Waals surface area (Å²) < 4.78 is 16.4. The van der Waals surface area contributed by atoms with Gasteiger partial charge in [-0.05, 0) is 54.8 Å². The summed E-state index contributed by atoms with van der Waals surface area (Å²) in [5, 5.41) is 2.92. The zero-order valence-corrected chi connectivity index (χ0v) is 22.7. The van der Waals surface area contributed by atoms with E-state index in [-0.39, 0.29) is 37.7 Å². The van der Waals surface area contributed by atoms with Crippen LogP contribution >= 0.6 is 0 Å². The summed E-state index contributed by atoms with van der Waals surface area (Å²) in [6.45, 7) is 1.55. The Morgan fingerprint density at radius 1 is 0.902 bits per heavy atom. The molecule has 3 aromatic rings. The van der Waals surface area contributed by atoms with E-state index in [0.717, 1.165) is 11.3 Å². The largest absolute Gasteiger partial charge is 0.484 e. The summed E-state index contributed by atoms with van der Waals surface area (Å²) in [4.78, 5) is 45.2. The molecule has 0 aromatic heterocycles. The molecule has 3 aliphatic rings. The molecular formula is C31H32N4O6. The second-order valence-electron chi connectivity index (χ2n) is 10.4. The van der Waals surface area contributed by atoms with Crippen molar-refractivity contribution < 1.29 is 28.6 Å². The lowest BCUT2D eigenvalue weighted by Gasteiger charge is -2.43. The van der Waals surface area contributed by atoms with Crippen molar-refractivity contribution in [2.45, 2.75) is 24.9 Å². The Morgan fingerprint density at radius 3 is 2.37 bits per heavy atom. The van der Waals surface area contributed by atoms with Crippen LogP contribution in [0.5, 0.6) is 17.2 Å². The molecule has 2 fully saturated rings. The lowest BCUT2D eigenvalue weighted by Crippen LogP contribution is -2.58. The Hall–Kier alpha value is -4.73. The Morgan fingerprint density at radius 2 is 1.61 bits per heavy atom. The van der Waals surface area contributed by atoms with E-state index in [1.165, 1.54) is 0 Å². The van der Waals surface area contributed by atoms with Gasteiger partial charge in [0.15, 0.2) is 18.1 Å². The number of ether oxygens (including phenoxy) is 3. The van der Waals surface area contributed by atoms with Gasteiger partial charge in [0.25, 0.3) is 11.8 Å². The van der Waals surface area contributed by atoms with E-state index in [1.54, 1.807) is 9.80 Å². The zero-order valence-electron chi connectivity index (χ0n) is 22.7. The van der Waals surface area contributed by atoms with Gasteiger partial charge in [-0.2, -0.15) is 0 Å². The first-order valence-electron chi connectivity index (χ1n) is 13.7. The molecule has 0 unspecified atom stereocenters. The van der Waals surface area contributed by atoms with E-state index in [0.29, 0.717) is 56.4 Å². The minimum atomic E-state index is -0.823. The number of likely N-dealkylation sites (tertiary alicyclic amines) is 1. The number of hydrogen-bond donors (Lipinski definition) is 1. The number of piperidine rings is 1. The molecule has 3 amide bonds. The molecule has 10 nitrogen and oxygen atoms in total. The maximum atomic E-state index is 13.9. The lowest BCUT2D eigenvalue weighted by atomic mass is 9.85. The van der Waals surface area contributed by atoms with Crippen molar-refractivity contribution in [2.24, 2.45) is 0 Å². The van der Waals surface area contributed by atoms with Gasteiger partial charge < -0.3 is 34.2 Å². The van der Waals surface area contributed by atoms with Crippen LogP contribution in [0.1, 0.15) is 18.4 Å². The van der Waals surface area contributed by atoms with Crippen molar-refractivity contribution in [1.82, 2.24) is 15.1 Å². The van der Waals surface area contributed by atoms with Crippen LogP contribution in [0, 0.1) is 0 Å². The summed E-state index contributed by atoms with van der Waals surface area (Å²) in [6.07, 6.45) is 0.931. The molecule has 10 heteroatoms. The summed E-state index contributed by atoms with van der Waals surface area (Å²) in [7, 11) is 0. The summed E-state index contributed by atoms with van der Waals surface area (Å²) in [6, 6.07) is 24.5. The number of para-hydroxylation sites is 2. The highest BCUT2D eigenvalue weighted by molar-refractivity contribution is 5.96. The molecule has 3 aliphatic heterocycles. The predicted octanol–water partition coefficient (Wildman–Crippen LogP) is 2.78. The fourth-order valence-corrected chi connectivity index (χ4v) is 5.68. The summed E-state index contributed by atoms with van der Waals surface area (Å²) in [5.74, 6) is 1.54. The first-order valence-corrected chi connectivity index (χ1v) is 13.7. The number of anilines is 1. The van der Waals surface area contributed by atoms with Gasteiger partial charge in [-0.1, -0.05) is 42.5 Å². The molecule has 3 aromatic carbocycles. The van der Waals surface area contributed by atoms with E-state index in [9.17, 15) is 14.4 Å². The number of nitrogens with zero attached hydrogens (tertiary/aromatic N) is 3. The maximum Gasteiger partial charge on any atom is 0.260 e. The van der Waals surface area contributed by atoms with Gasteiger partial charge in [-0.15, -0.1) is 0 Å². The molecule has 3 heterocycles. The Bertz CT molecular complexity index is 1410. The van der Waals surface area contributed by atoms with Gasteiger partial charge in [0, 0.05) is 25.3 Å². The molecule has 2 saturated heterocycles. The van der Waals surface area contributed by atoms with Crippen molar-refractivity contribution >= 4 is 23.4 Å². The molecule has 0 aliphatic carbocycles. The standard InChI is InChI=1S/C31H32N4O6/c36-28(32-18-23-11-12-26-27(17-23)41-22-40-26)19-34-21-35(24-7-3-1-4-8-24)31(30(34)38)13-15-33(16-14-31)29(37)20-39-25-9-5-2-6-10-25/h1-12,17H,13-16,18-22H2,(H,32,36). The monoisotopic (exact) mass is 556 g/mol. The van der Waals surface area contributed by atoms with Crippen molar-refractivity contribution in [2.75, 3.05) is 44.6 Å². The van der Waals surface area contributed by atoms with Crippen LogP contribution in [0.2, 0.25) is 0 Å². The van der Waals surface area contributed by atoms with Crippen molar-refractivity contribution in [3.05, 3.63) is 84.4 Å². The fourth-order valence-electron chi connectivity index (χ4n) is 5.68. The molecule has 1 N–H and O–H groups in total. The normalized spacial score (nSPS) is 17.2. The lowest BCUT2D eigenvalue weighted by molar-refractivity contribution is -0.140. The molecule has 0 atom stereocenters. The molecule has 0 bridgehead atoms. The average Bonchev–Trinajstić information content (AvgIpc) is 3.59. The zero-order chi connectivity index (χ0) is 28.2. The van der Waals surface area contributed by atoms with Gasteiger partial charge in [0.05, 0.1) is 6.67 Å². The van der Waals surface area contributed by atoms with Crippen LogP contribution in [0.3, 0.4) is 0 Å². The number of fused-ring (bicyclic) bond motifs is 1. The summed E-state index contributed by atoms with van der Waals surface area (Å²) in [5.41, 5.74) is 0.970. The van der Waals surface area contributed by atoms with Crippen LogP contribution in [0.25, 0.3) is 0 Å². The number of rotatable bonds is 8. The molecule has 41 heavy (non-hydrogen) atoms. The third-order valence-electron chi connectivity index (χ3n) is 7.89. The third kappa shape index (κ3) is 5.50. The highest BCUT2D eigenvalue weighted by Gasteiger charge is 2.54. The fraction of sp³-hybridized carbons (Fsp3) is 0.323. The number of nitrogens with one attached hydrogen (secondary N) is 1. The number of benzene rings is 3. The highest BCUT2D eigenvalue weighted by atomic mass is 16.7. The first-order chi connectivity index (χ1) is 20.0.